The van der Waals surface area contributed by atoms with Gasteiger partial charge in [-0.15, -0.1) is 0 Å². The number of carbonyl (C=O) groups is 1. The molecule has 2 rings (SSSR count). The number of ether oxygens (including phenoxy) is 1. The molecule has 0 fully saturated rings. The second kappa shape index (κ2) is 6.98. The minimum atomic E-state index is -0.261. The fraction of sp³-hybridized carbons (Fsp3) is 0.278. The Morgan fingerprint density at radius 1 is 1.00 bits per heavy atom. The van der Waals surface area contributed by atoms with Crippen LogP contribution in [0.1, 0.15) is 26.3 Å². The van der Waals surface area contributed by atoms with Crippen molar-refractivity contribution in [1.29, 1.82) is 0 Å². The fourth-order valence-corrected chi connectivity index (χ4v) is 1.88. The Hall–Kier alpha value is -2.49. The van der Waals surface area contributed by atoms with Crippen molar-refractivity contribution in [2.24, 2.45) is 0 Å². The molecule has 0 aliphatic rings. The predicted molar refractivity (Wildman–Crippen MR) is 89.1 cm³/mol. The highest BCUT2D eigenvalue weighted by Gasteiger charge is 2.13. The second-order valence-electron chi connectivity index (χ2n) is 6.13. The van der Waals surface area contributed by atoms with Crippen molar-refractivity contribution >= 4 is 11.7 Å². The molecule has 0 aliphatic carbocycles. The van der Waals surface area contributed by atoms with Gasteiger partial charge in [0.05, 0.1) is 0 Å². The van der Waals surface area contributed by atoms with Gasteiger partial charge in [0.1, 0.15) is 12.4 Å². The molecule has 0 saturated carbocycles. The highest BCUT2D eigenvalue weighted by molar-refractivity contribution is 5.89. The van der Waals surface area contributed by atoms with Gasteiger partial charge in [0, 0.05) is 11.2 Å². The van der Waals surface area contributed by atoms with Crippen molar-refractivity contribution in [2.45, 2.75) is 32.9 Å². The van der Waals surface area contributed by atoms with Crippen molar-refractivity contribution in [2.75, 3.05) is 5.32 Å². The molecule has 116 valence electrons. The average Bonchev–Trinajstić information content (AvgIpc) is 2.45. The van der Waals surface area contributed by atoms with Crippen LogP contribution in [0, 0.1) is 0 Å². The summed E-state index contributed by atoms with van der Waals surface area (Å²) >= 11 is 0. The van der Waals surface area contributed by atoms with E-state index < -0.39 is 0 Å². The number of rotatable bonds is 4. The van der Waals surface area contributed by atoms with Gasteiger partial charge in [-0.2, -0.15) is 0 Å². The van der Waals surface area contributed by atoms with Gasteiger partial charge < -0.3 is 15.4 Å². The Kier molecular flexibility index (Phi) is 5.04. The fourth-order valence-electron chi connectivity index (χ4n) is 1.88. The Balaban J connectivity index is 1.86. The Morgan fingerprint density at radius 2 is 1.64 bits per heavy atom. The van der Waals surface area contributed by atoms with Gasteiger partial charge in [-0.3, -0.25) is 0 Å². The number of urea groups is 1. The van der Waals surface area contributed by atoms with Crippen LogP contribution >= 0.6 is 0 Å². The van der Waals surface area contributed by atoms with E-state index in [0.717, 1.165) is 17.0 Å². The quantitative estimate of drug-likeness (QED) is 0.889. The topological polar surface area (TPSA) is 50.4 Å². The number of carbonyl (C=O) groups excluding carboxylic acids is 1. The lowest BCUT2D eigenvalue weighted by Gasteiger charge is -2.20. The summed E-state index contributed by atoms with van der Waals surface area (Å²) in [6, 6.07) is 17.1. The predicted octanol–water partition coefficient (Wildman–Crippen LogP) is 4.19. The van der Waals surface area contributed by atoms with E-state index in [9.17, 15) is 4.79 Å². The smallest absolute Gasteiger partial charge is 0.319 e. The molecule has 0 aromatic heterocycles. The van der Waals surface area contributed by atoms with E-state index >= 15 is 0 Å². The lowest BCUT2D eigenvalue weighted by molar-refractivity contribution is 0.244. The van der Waals surface area contributed by atoms with Crippen LogP contribution in [-0.4, -0.2) is 11.6 Å². The summed E-state index contributed by atoms with van der Waals surface area (Å²) in [5, 5.41) is 5.64. The van der Waals surface area contributed by atoms with E-state index in [1.807, 2.05) is 75.4 Å². The molecule has 0 heterocycles. The molecule has 2 aromatic carbocycles. The van der Waals surface area contributed by atoms with Crippen LogP contribution < -0.4 is 15.4 Å². The van der Waals surface area contributed by atoms with E-state index in [4.69, 9.17) is 4.74 Å². The number of amides is 2. The first kappa shape index (κ1) is 15.9. The lowest BCUT2D eigenvalue weighted by Crippen LogP contribution is -2.43. The first-order chi connectivity index (χ1) is 10.4. The molecule has 0 aliphatic heterocycles. The van der Waals surface area contributed by atoms with Gasteiger partial charge in [0.25, 0.3) is 0 Å². The maximum Gasteiger partial charge on any atom is 0.319 e. The zero-order chi connectivity index (χ0) is 16.0. The molecule has 0 radical (unpaired) electrons. The second-order valence-corrected chi connectivity index (χ2v) is 6.13. The van der Waals surface area contributed by atoms with E-state index in [2.05, 4.69) is 10.6 Å². The van der Waals surface area contributed by atoms with Crippen molar-refractivity contribution < 1.29 is 9.53 Å². The molecule has 2 amide bonds. The molecule has 0 atom stereocenters. The summed E-state index contributed by atoms with van der Waals surface area (Å²) in [7, 11) is 0. The third-order valence-corrected chi connectivity index (χ3v) is 2.85. The van der Waals surface area contributed by atoms with Crippen molar-refractivity contribution in [3.05, 3.63) is 60.2 Å². The Bertz CT molecular complexity index is 601. The van der Waals surface area contributed by atoms with Crippen molar-refractivity contribution in [3.63, 3.8) is 0 Å². The van der Waals surface area contributed by atoms with E-state index in [1.165, 1.54) is 0 Å². The monoisotopic (exact) mass is 298 g/mol. The van der Waals surface area contributed by atoms with Gasteiger partial charge in [0.2, 0.25) is 0 Å². The van der Waals surface area contributed by atoms with Crippen LogP contribution in [0.5, 0.6) is 5.75 Å². The molecule has 0 unspecified atom stereocenters. The minimum Gasteiger partial charge on any atom is -0.489 e. The summed E-state index contributed by atoms with van der Waals surface area (Å²) in [4.78, 5) is 11.8. The zero-order valence-electron chi connectivity index (χ0n) is 13.2. The van der Waals surface area contributed by atoms with Crippen LogP contribution in [-0.2, 0) is 6.61 Å². The van der Waals surface area contributed by atoms with Crippen LogP contribution in [0.3, 0.4) is 0 Å². The van der Waals surface area contributed by atoms with Gasteiger partial charge in [-0.1, -0.05) is 30.3 Å². The average molecular weight is 298 g/mol. The molecule has 0 saturated heterocycles. The first-order valence-corrected chi connectivity index (χ1v) is 7.28. The van der Waals surface area contributed by atoms with Crippen LogP contribution in [0.2, 0.25) is 0 Å². The third-order valence-electron chi connectivity index (χ3n) is 2.85. The summed E-state index contributed by atoms with van der Waals surface area (Å²) in [5.41, 5.74) is 1.59. The zero-order valence-corrected chi connectivity index (χ0v) is 13.2. The number of benzene rings is 2. The molecular formula is C18H22N2O2. The molecule has 0 spiro atoms. The number of hydrogen-bond acceptors (Lipinski definition) is 2. The molecule has 22 heavy (non-hydrogen) atoms. The minimum absolute atomic E-state index is 0.217. The normalized spacial score (nSPS) is 10.9. The van der Waals surface area contributed by atoms with Crippen LogP contribution in [0.25, 0.3) is 0 Å². The molecule has 4 heteroatoms. The van der Waals surface area contributed by atoms with Crippen molar-refractivity contribution in [1.82, 2.24) is 5.32 Å². The summed E-state index contributed by atoms with van der Waals surface area (Å²) in [6.45, 7) is 6.34. The van der Waals surface area contributed by atoms with E-state index in [-0.39, 0.29) is 11.6 Å². The van der Waals surface area contributed by atoms with Gasteiger partial charge in [-0.25, -0.2) is 4.79 Å². The summed E-state index contributed by atoms with van der Waals surface area (Å²) in [5.74, 6) is 0.769. The molecule has 2 N–H and O–H groups in total. The SMILES string of the molecule is CC(C)(C)NC(=O)Nc1ccc(OCc2ccccc2)cc1. The van der Waals surface area contributed by atoms with Crippen LogP contribution in [0.15, 0.2) is 54.6 Å². The standard InChI is InChI=1S/C18H22N2O2/c1-18(2,3)20-17(21)19-15-9-11-16(12-10-15)22-13-14-7-5-4-6-8-14/h4-12H,13H2,1-3H3,(H2,19,20,21). The summed E-state index contributed by atoms with van der Waals surface area (Å²) < 4.78 is 5.70. The van der Waals surface area contributed by atoms with Gasteiger partial charge in [-0.05, 0) is 50.6 Å². The Morgan fingerprint density at radius 3 is 2.23 bits per heavy atom. The molecule has 4 nitrogen and oxygen atoms in total. The Labute approximate surface area is 131 Å². The maximum absolute atomic E-state index is 11.8. The molecule has 0 bridgehead atoms. The number of anilines is 1. The van der Waals surface area contributed by atoms with Gasteiger partial charge >= 0.3 is 6.03 Å². The summed E-state index contributed by atoms with van der Waals surface area (Å²) in [6.07, 6.45) is 0. The third kappa shape index (κ3) is 5.48. The molecular weight excluding hydrogens is 276 g/mol. The van der Waals surface area contributed by atoms with E-state index in [0.29, 0.717) is 6.61 Å². The largest absolute Gasteiger partial charge is 0.489 e. The first-order valence-electron chi connectivity index (χ1n) is 7.28. The maximum atomic E-state index is 11.8. The van der Waals surface area contributed by atoms with E-state index in [1.54, 1.807) is 0 Å². The lowest BCUT2D eigenvalue weighted by atomic mass is 10.1. The number of hydrogen-bond donors (Lipinski definition) is 2. The van der Waals surface area contributed by atoms with Crippen LogP contribution in [0.4, 0.5) is 10.5 Å². The highest BCUT2D eigenvalue weighted by Crippen LogP contribution is 2.17. The van der Waals surface area contributed by atoms with Crippen molar-refractivity contribution in [3.8, 4) is 5.75 Å². The number of nitrogens with one attached hydrogen (secondary N) is 2. The highest BCUT2D eigenvalue weighted by atomic mass is 16.5. The molecule has 2 aromatic rings. The van der Waals surface area contributed by atoms with Gasteiger partial charge in [0.15, 0.2) is 0 Å².